The van der Waals surface area contributed by atoms with Crippen LogP contribution in [0.3, 0.4) is 0 Å². The fourth-order valence-corrected chi connectivity index (χ4v) is 2.12. The number of carbonyl (C=O) groups is 1. The lowest BCUT2D eigenvalue weighted by molar-refractivity contribution is 0.112. The summed E-state index contributed by atoms with van der Waals surface area (Å²) in [5, 5.41) is 3.33. The van der Waals surface area contributed by atoms with Gasteiger partial charge in [0.25, 0.3) is 0 Å². The van der Waals surface area contributed by atoms with Gasteiger partial charge in [-0.1, -0.05) is 0 Å². The van der Waals surface area contributed by atoms with E-state index >= 15 is 0 Å². The molecule has 4 heteroatoms. The third-order valence-corrected chi connectivity index (χ3v) is 2.87. The van der Waals surface area contributed by atoms with Crippen molar-refractivity contribution in [1.29, 1.82) is 0 Å². The molecule has 1 unspecified atom stereocenters. The lowest BCUT2D eigenvalue weighted by Gasteiger charge is -2.11. The highest BCUT2D eigenvalue weighted by molar-refractivity contribution is 9.10. The van der Waals surface area contributed by atoms with Gasteiger partial charge in [0.2, 0.25) is 0 Å². The summed E-state index contributed by atoms with van der Waals surface area (Å²) < 4.78 is 0.848. The van der Waals surface area contributed by atoms with E-state index in [0.717, 1.165) is 35.8 Å². The summed E-state index contributed by atoms with van der Waals surface area (Å²) in [6, 6.07) is 2.07. The molecule has 0 amide bonds. The molecule has 0 bridgehead atoms. The molecule has 1 aliphatic heterocycles. The molecule has 1 aromatic rings. The normalized spacial score (nSPS) is 21.1. The van der Waals surface area contributed by atoms with Crippen molar-refractivity contribution in [2.75, 3.05) is 6.54 Å². The van der Waals surface area contributed by atoms with Crippen LogP contribution in [0.4, 0.5) is 0 Å². The highest BCUT2D eigenvalue weighted by Crippen LogP contribution is 2.24. The molecule has 0 aromatic carbocycles. The van der Waals surface area contributed by atoms with Gasteiger partial charge >= 0.3 is 0 Å². The predicted octanol–water partition coefficient (Wildman–Crippen LogP) is 2.08. The van der Waals surface area contributed by atoms with Gasteiger partial charge in [-0.15, -0.1) is 0 Å². The van der Waals surface area contributed by atoms with Gasteiger partial charge in [0.1, 0.15) is 0 Å². The van der Waals surface area contributed by atoms with Gasteiger partial charge in [-0.2, -0.15) is 0 Å². The Bertz CT molecular complexity index is 348. The number of aromatic nitrogens is 1. The van der Waals surface area contributed by atoms with Crippen molar-refractivity contribution < 1.29 is 4.79 Å². The lowest BCUT2D eigenvalue weighted by Crippen LogP contribution is -2.16. The number of rotatable bonds is 2. The van der Waals surface area contributed by atoms with Gasteiger partial charge in [-0.25, -0.2) is 0 Å². The van der Waals surface area contributed by atoms with E-state index in [1.165, 1.54) is 0 Å². The van der Waals surface area contributed by atoms with Gasteiger partial charge in [0, 0.05) is 16.2 Å². The number of aldehydes is 1. The molecule has 0 aliphatic carbocycles. The maximum Gasteiger partial charge on any atom is 0.151 e. The summed E-state index contributed by atoms with van der Waals surface area (Å²) in [6.07, 6.45) is 4.83. The van der Waals surface area contributed by atoms with E-state index in [0.29, 0.717) is 5.56 Å². The van der Waals surface area contributed by atoms with E-state index in [2.05, 4.69) is 26.2 Å². The van der Waals surface area contributed by atoms with Gasteiger partial charge in [0.05, 0.1) is 11.7 Å². The summed E-state index contributed by atoms with van der Waals surface area (Å²) in [5.41, 5.74) is 1.56. The van der Waals surface area contributed by atoms with Crippen LogP contribution < -0.4 is 5.32 Å². The standard InChI is InChI=1S/C10H11BrN2O/c11-8-4-7(6-14)10(13-5-8)9-2-1-3-12-9/h4-6,9,12H,1-3H2. The maximum absolute atomic E-state index is 10.8. The van der Waals surface area contributed by atoms with E-state index in [1.807, 2.05) is 6.07 Å². The zero-order valence-corrected chi connectivity index (χ0v) is 9.25. The Hall–Kier alpha value is -0.740. The average molecular weight is 255 g/mol. The quantitative estimate of drug-likeness (QED) is 0.822. The molecule has 1 N–H and O–H groups in total. The molecule has 74 valence electrons. The Morgan fingerprint density at radius 2 is 2.50 bits per heavy atom. The van der Waals surface area contributed by atoms with E-state index < -0.39 is 0 Å². The molecule has 1 aromatic heterocycles. The maximum atomic E-state index is 10.8. The largest absolute Gasteiger partial charge is 0.309 e. The minimum Gasteiger partial charge on any atom is -0.309 e. The first kappa shape index (κ1) is 9.80. The molecule has 2 heterocycles. The number of halogens is 1. The molecule has 0 spiro atoms. The Balaban J connectivity index is 2.35. The highest BCUT2D eigenvalue weighted by Gasteiger charge is 2.20. The van der Waals surface area contributed by atoms with E-state index in [-0.39, 0.29) is 6.04 Å². The van der Waals surface area contributed by atoms with Crippen LogP contribution >= 0.6 is 15.9 Å². The first-order valence-electron chi connectivity index (χ1n) is 4.65. The highest BCUT2D eigenvalue weighted by atomic mass is 79.9. The summed E-state index contributed by atoms with van der Waals surface area (Å²) in [7, 11) is 0. The van der Waals surface area contributed by atoms with Crippen molar-refractivity contribution in [3.05, 3.63) is 28.0 Å². The Kier molecular flexibility index (Phi) is 2.93. The van der Waals surface area contributed by atoms with Gasteiger partial charge in [-0.05, 0) is 41.4 Å². The van der Waals surface area contributed by atoms with Crippen molar-refractivity contribution in [1.82, 2.24) is 10.3 Å². The van der Waals surface area contributed by atoms with E-state index in [1.54, 1.807) is 6.20 Å². The summed E-state index contributed by atoms with van der Waals surface area (Å²) >= 11 is 3.30. The first-order chi connectivity index (χ1) is 6.81. The zero-order valence-electron chi connectivity index (χ0n) is 7.66. The summed E-state index contributed by atoms with van der Waals surface area (Å²) in [6.45, 7) is 1.01. The topological polar surface area (TPSA) is 42.0 Å². The molecule has 2 rings (SSSR count). The minimum atomic E-state index is 0.253. The van der Waals surface area contributed by atoms with Crippen molar-refractivity contribution in [2.45, 2.75) is 18.9 Å². The number of nitrogens with zero attached hydrogens (tertiary/aromatic N) is 1. The monoisotopic (exact) mass is 254 g/mol. The van der Waals surface area contributed by atoms with Crippen LogP contribution in [0.25, 0.3) is 0 Å². The summed E-state index contributed by atoms with van der Waals surface area (Å²) in [5.74, 6) is 0. The van der Waals surface area contributed by atoms with Crippen molar-refractivity contribution >= 4 is 22.2 Å². The van der Waals surface area contributed by atoms with E-state index in [4.69, 9.17) is 0 Å². The third kappa shape index (κ3) is 1.86. The van der Waals surface area contributed by atoms with Crippen LogP contribution in [0, 0.1) is 0 Å². The average Bonchev–Trinajstić information content (AvgIpc) is 2.70. The smallest absolute Gasteiger partial charge is 0.151 e. The van der Waals surface area contributed by atoms with Crippen LogP contribution in [0.15, 0.2) is 16.7 Å². The second-order valence-corrected chi connectivity index (χ2v) is 4.31. The third-order valence-electron chi connectivity index (χ3n) is 2.43. The molecule has 1 saturated heterocycles. The number of hydrogen-bond acceptors (Lipinski definition) is 3. The van der Waals surface area contributed by atoms with Crippen LogP contribution in [0.1, 0.15) is 34.9 Å². The van der Waals surface area contributed by atoms with Crippen LogP contribution in [-0.2, 0) is 0 Å². The Labute approximate surface area is 91.0 Å². The van der Waals surface area contributed by atoms with Crippen molar-refractivity contribution in [3.8, 4) is 0 Å². The fraction of sp³-hybridized carbons (Fsp3) is 0.400. The number of hydrogen-bond donors (Lipinski definition) is 1. The van der Waals surface area contributed by atoms with Gasteiger partial charge in [0.15, 0.2) is 6.29 Å². The molecular weight excluding hydrogens is 244 g/mol. The van der Waals surface area contributed by atoms with Crippen molar-refractivity contribution in [2.24, 2.45) is 0 Å². The number of carbonyl (C=O) groups excluding carboxylic acids is 1. The number of pyridine rings is 1. The molecular formula is C10H11BrN2O. The predicted molar refractivity (Wildman–Crippen MR) is 57.3 cm³/mol. The van der Waals surface area contributed by atoms with Gasteiger partial charge < -0.3 is 5.32 Å². The Morgan fingerprint density at radius 1 is 1.64 bits per heavy atom. The molecule has 14 heavy (non-hydrogen) atoms. The second-order valence-electron chi connectivity index (χ2n) is 3.39. The van der Waals surface area contributed by atoms with Crippen LogP contribution in [0.5, 0.6) is 0 Å². The van der Waals surface area contributed by atoms with Crippen LogP contribution in [-0.4, -0.2) is 17.8 Å². The summed E-state index contributed by atoms with van der Waals surface area (Å²) in [4.78, 5) is 15.1. The van der Waals surface area contributed by atoms with Crippen molar-refractivity contribution in [3.63, 3.8) is 0 Å². The lowest BCUT2D eigenvalue weighted by atomic mass is 10.1. The first-order valence-corrected chi connectivity index (χ1v) is 5.44. The SMILES string of the molecule is O=Cc1cc(Br)cnc1C1CCCN1. The molecule has 3 nitrogen and oxygen atoms in total. The molecule has 0 radical (unpaired) electrons. The number of nitrogens with one attached hydrogen (secondary N) is 1. The van der Waals surface area contributed by atoms with Gasteiger partial charge in [-0.3, -0.25) is 9.78 Å². The molecule has 1 fully saturated rings. The van der Waals surface area contributed by atoms with E-state index in [9.17, 15) is 4.79 Å². The zero-order chi connectivity index (χ0) is 9.97. The fourth-order valence-electron chi connectivity index (χ4n) is 1.77. The second kappa shape index (κ2) is 4.19. The molecule has 0 saturated carbocycles. The van der Waals surface area contributed by atoms with Crippen LogP contribution in [0.2, 0.25) is 0 Å². The Morgan fingerprint density at radius 3 is 3.14 bits per heavy atom. The molecule has 1 aliphatic rings. The minimum absolute atomic E-state index is 0.253. The molecule has 1 atom stereocenters.